The van der Waals surface area contributed by atoms with Gasteiger partial charge in [0.25, 0.3) is 0 Å². The lowest BCUT2D eigenvalue weighted by molar-refractivity contribution is 0.567. The van der Waals surface area contributed by atoms with Crippen molar-refractivity contribution in [3.05, 3.63) is 188 Å². The van der Waals surface area contributed by atoms with Gasteiger partial charge < -0.3 is 13.8 Å². The summed E-state index contributed by atoms with van der Waals surface area (Å²) in [5.74, 6) is 0. The summed E-state index contributed by atoms with van der Waals surface area (Å²) < 4.78 is 12.9. The second-order valence-corrected chi connectivity index (χ2v) is 8.16. The predicted molar refractivity (Wildman–Crippen MR) is 169 cm³/mol. The van der Waals surface area contributed by atoms with E-state index < -0.39 is 0 Å². The van der Waals surface area contributed by atoms with Gasteiger partial charge in [0.05, 0.1) is 25.1 Å². The molecule has 0 atom stereocenters. The number of aromatic nitrogens is 7. The number of thiophene rings is 1. The van der Waals surface area contributed by atoms with Gasteiger partial charge in [-0.1, -0.05) is 18.2 Å². The van der Waals surface area contributed by atoms with E-state index in [4.69, 9.17) is 0 Å². The Hall–Kier alpha value is -5.39. The Kier molecular flexibility index (Phi) is 26.2. The summed E-state index contributed by atoms with van der Waals surface area (Å²) in [6.45, 7) is 0. The number of nitrogens with one attached hydrogen (secondary N) is 2. The Balaban J connectivity index is 0.000000240. The summed E-state index contributed by atoms with van der Waals surface area (Å²) in [5.41, 5.74) is 0. The molecule has 9 nitrogen and oxygen atoms in total. The van der Waals surface area contributed by atoms with Crippen LogP contribution in [0.3, 0.4) is 0 Å². The maximum atomic E-state index is 4.58. The van der Waals surface area contributed by atoms with E-state index in [1.54, 1.807) is 85.8 Å². The Morgan fingerprint density at radius 2 is 1.07 bits per heavy atom. The van der Waals surface area contributed by atoms with Gasteiger partial charge in [-0.25, -0.2) is 14.3 Å². The van der Waals surface area contributed by atoms with Crippen molar-refractivity contribution in [2.24, 2.45) is 0 Å². The third-order valence-corrected chi connectivity index (χ3v) is 4.72. The van der Waals surface area contributed by atoms with Crippen molar-refractivity contribution in [3.8, 4) is 0 Å². The first kappa shape index (κ1) is 34.6. The van der Waals surface area contributed by atoms with Crippen LogP contribution in [0.15, 0.2) is 197 Å². The second-order valence-electron chi connectivity index (χ2n) is 6.65. The van der Waals surface area contributed by atoms with E-state index in [0.717, 1.165) is 0 Å². The quantitative estimate of drug-likeness (QED) is 0.179. The molecule has 2 N–H and O–H groups in total. The lowest BCUT2D eigenvalue weighted by Crippen LogP contribution is -1.66. The highest BCUT2D eigenvalue weighted by atomic mass is 32.1. The molecule has 216 valence electrons. The van der Waals surface area contributed by atoms with Crippen molar-refractivity contribution in [1.29, 1.82) is 0 Å². The number of pyridine rings is 1. The molecule has 8 aromatic heterocycles. The molecular formula is C31H33N7O2S2. The summed E-state index contributed by atoms with van der Waals surface area (Å²) in [6, 6.07) is 26.5. The van der Waals surface area contributed by atoms with Gasteiger partial charge in [0.1, 0.15) is 6.33 Å². The van der Waals surface area contributed by atoms with Crippen LogP contribution in [0, 0.1) is 0 Å². The lowest BCUT2D eigenvalue weighted by atomic mass is 10.5. The predicted octanol–water partition coefficient (Wildman–Crippen LogP) is 8.43. The Bertz CT molecular complexity index is 958. The van der Waals surface area contributed by atoms with Gasteiger partial charge in [0.2, 0.25) is 0 Å². The van der Waals surface area contributed by atoms with Crippen LogP contribution >= 0.6 is 22.9 Å². The van der Waals surface area contributed by atoms with Crippen LogP contribution in [0.5, 0.6) is 0 Å². The molecule has 0 saturated carbocycles. The summed E-state index contributed by atoms with van der Waals surface area (Å²) in [4.78, 5) is 14.0. The van der Waals surface area contributed by atoms with Crippen molar-refractivity contribution in [2.75, 3.05) is 0 Å². The summed E-state index contributed by atoms with van der Waals surface area (Å²) in [6.07, 6.45) is 23.9. The van der Waals surface area contributed by atoms with E-state index in [1.807, 2.05) is 107 Å². The minimum absolute atomic E-state index is 1.46. The number of rotatable bonds is 0. The lowest BCUT2D eigenvalue weighted by Gasteiger charge is -1.70. The van der Waals surface area contributed by atoms with Crippen molar-refractivity contribution in [3.63, 3.8) is 0 Å². The van der Waals surface area contributed by atoms with Crippen LogP contribution in [0.1, 0.15) is 0 Å². The first-order valence-electron chi connectivity index (χ1n) is 12.3. The topological polar surface area (TPSA) is 122 Å². The van der Waals surface area contributed by atoms with Crippen molar-refractivity contribution in [1.82, 2.24) is 34.5 Å². The van der Waals surface area contributed by atoms with Crippen molar-refractivity contribution < 1.29 is 8.83 Å². The number of nitrogens with zero attached hydrogens (tertiary/aromatic N) is 5. The fourth-order valence-corrected chi connectivity index (χ4v) is 2.72. The van der Waals surface area contributed by atoms with Crippen LogP contribution in [-0.4, -0.2) is 34.5 Å². The minimum Gasteiger partial charge on any atom is -0.473 e. The molecule has 0 bridgehead atoms. The molecular weight excluding hydrogens is 567 g/mol. The third-order valence-electron chi connectivity index (χ3n) is 3.57. The normalized spacial score (nSPS) is 8.00. The Labute approximate surface area is 253 Å². The average Bonchev–Trinajstić information content (AvgIpc) is 3.93. The van der Waals surface area contributed by atoms with E-state index in [2.05, 4.69) is 43.3 Å². The highest BCUT2D eigenvalue weighted by molar-refractivity contribution is 7.07. The molecule has 0 fully saturated rings. The monoisotopic (exact) mass is 599 g/mol. The van der Waals surface area contributed by atoms with Gasteiger partial charge in [-0.2, -0.15) is 16.4 Å². The molecule has 8 rings (SSSR count). The van der Waals surface area contributed by atoms with E-state index in [1.165, 1.54) is 17.9 Å². The number of hydrogen-bond donors (Lipinski definition) is 2. The van der Waals surface area contributed by atoms with Gasteiger partial charge in [0.15, 0.2) is 0 Å². The second kappa shape index (κ2) is 31.8. The van der Waals surface area contributed by atoms with E-state index in [0.29, 0.717) is 0 Å². The average molecular weight is 600 g/mol. The fraction of sp³-hybridized carbons (Fsp3) is 0. The fourth-order valence-electron chi connectivity index (χ4n) is 1.91. The third kappa shape index (κ3) is 29.2. The molecule has 0 aliphatic carbocycles. The van der Waals surface area contributed by atoms with E-state index in [9.17, 15) is 0 Å². The minimum atomic E-state index is 1.46. The molecule has 8 heterocycles. The molecule has 42 heavy (non-hydrogen) atoms. The summed E-state index contributed by atoms with van der Waals surface area (Å²) >= 11 is 3.18. The number of H-pyrrole nitrogens is 2. The molecule has 0 radical (unpaired) electrons. The highest BCUT2D eigenvalue weighted by Gasteiger charge is 1.62. The maximum Gasteiger partial charge on any atom is 0.115 e. The molecule has 0 aliphatic heterocycles. The smallest absolute Gasteiger partial charge is 0.115 e. The molecule has 11 heteroatoms. The Morgan fingerprint density at radius 3 is 1.24 bits per heavy atom. The zero-order valence-electron chi connectivity index (χ0n) is 22.8. The van der Waals surface area contributed by atoms with E-state index >= 15 is 0 Å². The van der Waals surface area contributed by atoms with Crippen molar-refractivity contribution >= 4 is 22.9 Å². The van der Waals surface area contributed by atoms with Gasteiger partial charge in [-0.15, -0.1) is 0 Å². The van der Waals surface area contributed by atoms with Gasteiger partial charge in [-0.3, -0.25) is 10.1 Å². The zero-order valence-corrected chi connectivity index (χ0v) is 24.4. The van der Waals surface area contributed by atoms with Crippen LogP contribution in [0.2, 0.25) is 0 Å². The summed E-state index contributed by atoms with van der Waals surface area (Å²) in [5, 5.41) is 12.2. The van der Waals surface area contributed by atoms with Crippen molar-refractivity contribution in [2.45, 2.75) is 0 Å². The van der Waals surface area contributed by atoms with Gasteiger partial charge in [0, 0.05) is 61.2 Å². The maximum absolute atomic E-state index is 4.58. The van der Waals surface area contributed by atoms with Gasteiger partial charge in [-0.05, 0) is 89.0 Å². The molecule has 0 saturated heterocycles. The van der Waals surface area contributed by atoms with Crippen LogP contribution in [0.25, 0.3) is 0 Å². The molecule has 8 aromatic rings. The van der Waals surface area contributed by atoms with Crippen LogP contribution in [-0.2, 0) is 0 Å². The number of aromatic amines is 2. The molecule has 0 amide bonds. The largest absolute Gasteiger partial charge is 0.473 e. The van der Waals surface area contributed by atoms with Crippen LogP contribution in [0.4, 0.5) is 0 Å². The number of furan rings is 2. The van der Waals surface area contributed by atoms with E-state index in [-0.39, 0.29) is 0 Å². The molecule has 0 unspecified atom stereocenters. The SMILES string of the molecule is c1cc[nH]c1.c1ccncc1.c1ccoc1.c1ccoc1.c1ccsc1.c1cn[nH]c1.c1cncnc1.c1cnsc1. The Morgan fingerprint density at radius 1 is 0.452 bits per heavy atom. The standard InChI is InChI=1S/C5H5N.C4H4N2.C4H5N.2C4H4O.C4H4S.C3H4N2.C3H3NS/c1-2-4-6-5-3-1;1-2-5-4-6-3-1;6*1-2-4-5-3-1/h1-5H;1-4H;1-5H;3*1-4H;1-3H,(H,4,5);1-3H. The first-order valence-corrected chi connectivity index (χ1v) is 14.1. The first-order chi connectivity index (χ1) is 21.0. The molecule has 0 spiro atoms. The molecule has 0 aliphatic rings. The zero-order chi connectivity index (χ0) is 29.7. The highest BCUT2D eigenvalue weighted by Crippen LogP contribution is 1.91. The molecule has 0 aromatic carbocycles. The van der Waals surface area contributed by atoms with Gasteiger partial charge >= 0.3 is 0 Å². The summed E-state index contributed by atoms with van der Waals surface area (Å²) in [7, 11) is 0. The number of hydrogen-bond acceptors (Lipinski definition) is 9. The van der Waals surface area contributed by atoms with Crippen LogP contribution < -0.4 is 0 Å².